The molecule has 17 heavy (non-hydrogen) atoms. The molecule has 1 atom stereocenters. The Labute approximate surface area is 98.9 Å². The van der Waals surface area contributed by atoms with Gasteiger partial charge in [-0.25, -0.2) is 4.98 Å². The summed E-state index contributed by atoms with van der Waals surface area (Å²) in [6.45, 7) is 2.14. The molecule has 2 rings (SSSR count). The highest BCUT2D eigenvalue weighted by molar-refractivity contribution is 5.97. The third-order valence-corrected chi connectivity index (χ3v) is 2.65. The summed E-state index contributed by atoms with van der Waals surface area (Å²) in [6, 6.07) is 5.25. The van der Waals surface area contributed by atoms with Crippen LogP contribution in [0.2, 0.25) is 0 Å². The van der Waals surface area contributed by atoms with Crippen LogP contribution in [0.4, 0.5) is 0 Å². The number of nitrogens with zero attached hydrogens (tertiary/aromatic N) is 1. The molecule has 1 aromatic heterocycles. The van der Waals surface area contributed by atoms with Crippen molar-refractivity contribution in [2.75, 3.05) is 6.54 Å². The first-order valence-electron chi connectivity index (χ1n) is 5.60. The smallest absolute Gasteiger partial charge is 0.251 e. The van der Waals surface area contributed by atoms with E-state index in [4.69, 9.17) is 0 Å². The van der Waals surface area contributed by atoms with Gasteiger partial charge in [0.05, 0.1) is 23.5 Å². The molecule has 0 bridgehead atoms. The first-order valence-corrected chi connectivity index (χ1v) is 5.60. The van der Waals surface area contributed by atoms with Crippen molar-refractivity contribution in [2.45, 2.75) is 19.4 Å². The monoisotopic (exact) mass is 233 g/mol. The van der Waals surface area contributed by atoms with Crippen LogP contribution >= 0.6 is 0 Å². The first kappa shape index (κ1) is 11.6. The third kappa shape index (κ3) is 2.62. The molecule has 0 aliphatic rings. The number of aliphatic hydroxyl groups excluding tert-OH is 1. The molecule has 0 saturated heterocycles. The minimum absolute atomic E-state index is 0.186. The van der Waals surface area contributed by atoms with Crippen molar-refractivity contribution in [1.29, 1.82) is 0 Å². The topological polar surface area (TPSA) is 78.0 Å². The molecule has 3 N–H and O–H groups in total. The Hall–Kier alpha value is -1.88. The summed E-state index contributed by atoms with van der Waals surface area (Å²) in [5.74, 6) is -0.186. The molecule has 1 unspecified atom stereocenters. The number of carbonyl (C=O) groups is 1. The average Bonchev–Trinajstić information content (AvgIpc) is 2.82. The number of H-pyrrole nitrogens is 1. The maximum atomic E-state index is 11.8. The Morgan fingerprint density at radius 1 is 1.59 bits per heavy atom. The third-order valence-electron chi connectivity index (χ3n) is 2.65. The standard InChI is InChI=1S/C12H15N3O2/c1-2-9(16)6-13-12(17)8-3-4-10-11(5-8)15-7-14-10/h3-5,7,9,16H,2,6H2,1H3,(H,13,17)(H,14,15). The molecule has 5 heteroatoms. The molecule has 0 aliphatic carbocycles. The van der Waals surface area contributed by atoms with Crippen LogP contribution in [-0.4, -0.2) is 33.6 Å². The highest BCUT2D eigenvalue weighted by Crippen LogP contribution is 2.11. The van der Waals surface area contributed by atoms with Gasteiger partial charge >= 0.3 is 0 Å². The van der Waals surface area contributed by atoms with E-state index >= 15 is 0 Å². The highest BCUT2D eigenvalue weighted by atomic mass is 16.3. The van der Waals surface area contributed by atoms with Gasteiger partial charge in [-0.15, -0.1) is 0 Å². The average molecular weight is 233 g/mol. The van der Waals surface area contributed by atoms with Gasteiger partial charge in [-0.05, 0) is 24.6 Å². The predicted molar refractivity (Wildman–Crippen MR) is 64.7 cm³/mol. The lowest BCUT2D eigenvalue weighted by atomic mass is 10.2. The summed E-state index contributed by atoms with van der Waals surface area (Å²) in [5.41, 5.74) is 2.22. The van der Waals surface area contributed by atoms with Crippen LogP contribution in [0.25, 0.3) is 11.0 Å². The Kier molecular flexibility index (Phi) is 3.39. The van der Waals surface area contributed by atoms with E-state index in [1.54, 1.807) is 24.5 Å². The molecular formula is C12H15N3O2. The zero-order valence-corrected chi connectivity index (χ0v) is 9.60. The number of nitrogens with one attached hydrogen (secondary N) is 2. The second kappa shape index (κ2) is 4.97. The van der Waals surface area contributed by atoms with Gasteiger partial charge in [-0.2, -0.15) is 0 Å². The Bertz CT molecular complexity index is 521. The number of amides is 1. The molecule has 5 nitrogen and oxygen atoms in total. The van der Waals surface area contributed by atoms with E-state index in [0.717, 1.165) is 11.0 Å². The summed E-state index contributed by atoms with van der Waals surface area (Å²) in [7, 11) is 0. The molecule has 1 amide bonds. The van der Waals surface area contributed by atoms with Crippen molar-refractivity contribution in [2.24, 2.45) is 0 Å². The number of hydrogen-bond acceptors (Lipinski definition) is 3. The number of aromatic nitrogens is 2. The second-order valence-corrected chi connectivity index (χ2v) is 3.91. The van der Waals surface area contributed by atoms with Gasteiger partial charge in [-0.1, -0.05) is 6.92 Å². The van der Waals surface area contributed by atoms with Gasteiger partial charge in [0.15, 0.2) is 0 Å². The van der Waals surface area contributed by atoms with E-state index in [1.165, 1.54) is 0 Å². The Balaban J connectivity index is 2.08. The Morgan fingerprint density at radius 3 is 3.18 bits per heavy atom. The van der Waals surface area contributed by atoms with E-state index in [0.29, 0.717) is 12.0 Å². The van der Waals surface area contributed by atoms with Crippen LogP contribution in [0, 0.1) is 0 Å². The fourth-order valence-electron chi connectivity index (χ4n) is 1.53. The van der Waals surface area contributed by atoms with Gasteiger partial charge in [0.25, 0.3) is 5.91 Å². The molecule has 2 aromatic rings. The van der Waals surface area contributed by atoms with Crippen LogP contribution in [0.5, 0.6) is 0 Å². The highest BCUT2D eigenvalue weighted by Gasteiger charge is 2.08. The van der Waals surface area contributed by atoms with E-state index in [2.05, 4.69) is 15.3 Å². The van der Waals surface area contributed by atoms with Gasteiger partial charge in [0.1, 0.15) is 0 Å². The quantitative estimate of drug-likeness (QED) is 0.739. The number of hydrogen-bond donors (Lipinski definition) is 3. The van der Waals surface area contributed by atoms with Gasteiger partial charge in [-0.3, -0.25) is 4.79 Å². The summed E-state index contributed by atoms with van der Waals surface area (Å²) in [5, 5.41) is 12.0. The lowest BCUT2D eigenvalue weighted by Gasteiger charge is -2.09. The minimum atomic E-state index is -0.491. The van der Waals surface area contributed by atoms with Crippen LogP contribution in [0.1, 0.15) is 23.7 Å². The summed E-state index contributed by atoms with van der Waals surface area (Å²) >= 11 is 0. The number of aromatic amines is 1. The molecule has 1 aromatic carbocycles. The van der Waals surface area contributed by atoms with E-state index < -0.39 is 6.10 Å². The fourth-order valence-corrected chi connectivity index (χ4v) is 1.53. The molecular weight excluding hydrogens is 218 g/mol. The molecule has 1 heterocycles. The number of fused-ring (bicyclic) bond motifs is 1. The van der Waals surface area contributed by atoms with Crippen LogP contribution < -0.4 is 5.32 Å². The summed E-state index contributed by atoms with van der Waals surface area (Å²) in [4.78, 5) is 18.8. The predicted octanol–water partition coefficient (Wildman–Crippen LogP) is 1.06. The molecule has 0 spiro atoms. The lowest BCUT2D eigenvalue weighted by molar-refractivity contribution is 0.0914. The largest absolute Gasteiger partial charge is 0.391 e. The SMILES string of the molecule is CCC(O)CNC(=O)c1ccc2nc[nH]c2c1. The van der Waals surface area contributed by atoms with E-state index in [1.807, 2.05) is 6.92 Å². The molecule has 90 valence electrons. The van der Waals surface area contributed by atoms with Crippen molar-refractivity contribution in [3.63, 3.8) is 0 Å². The van der Waals surface area contributed by atoms with E-state index in [-0.39, 0.29) is 12.5 Å². The number of benzene rings is 1. The van der Waals surface area contributed by atoms with E-state index in [9.17, 15) is 9.90 Å². The fraction of sp³-hybridized carbons (Fsp3) is 0.333. The summed E-state index contributed by atoms with van der Waals surface area (Å²) in [6.07, 6.45) is 1.72. The maximum absolute atomic E-state index is 11.8. The molecule has 0 radical (unpaired) electrons. The molecule has 0 aliphatic heterocycles. The molecule has 0 fully saturated rings. The second-order valence-electron chi connectivity index (χ2n) is 3.91. The van der Waals surface area contributed by atoms with Crippen LogP contribution in [-0.2, 0) is 0 Å². The van der Waals surface area contributed by atoms with Gasteiger partial charge in [0.2, 0.25) is 0 Å². The number of carbonyl (C=O) groups excluding carboxylic acids is 1. The van der Waals surface area contributed by atoms with Gasteiger partial charge in [0, 0.05) is 12.1 Å². The zero-order chi connectivity index (χ0) is 12.3. The number of imidazole rings is 1. The first-order chi connectivity index (χ1) is 8.20. The van der Waals surface area contributed by atoms with Crippen molar-refractivity contribution in [3.05, 3.63) is 30.1 Å². The Morgan fingerprint density at radius 2 is 2.41 bits per heavy atom. The number of aliphatic hydroxyl groups is 1. The van der Waals surface area contributed by atoms with Crippen molar-refractivity contribution in [3.8, 4) is 0 Å². The lowest BCUT2D eigenvalue weighted by Crippen LogP contribution is -2.31. The normalized spacial score (nSPS) is 12.6. The summed E-state index contributed by atoms with van der Waals surface area (Å²) < 4.78 is 0. The van der Waals surface area contributed by atoms with Gasteiger partial charge < -0.3 is 15.4 Å². The zero-order valence-electron chi connectivity index (χ0n) is 9.60. The van der Waals surface area contributed by atoms with Crippen LogP contribution in [0.15, 0.2) is 24.5 Å². The van der Waals surface area contributed by atoms with Crippen molar-refractivity contribution < 1.29 is 9.90 Å². The maximum Gasteiger partial charge on any atom is 0.251 e. The van der Waals surface area contributed by atoms with Crippen molar-refractivity contribution >= 4 is 16.9 Å². The minimum Gasteiger partial charge on any atom is -0.391 e. The number of rotatable bonds is 4. The van der Waals surface area contributed by atoms with Crippen LogP contribution in [0.3, 0.4) is 0 Å². The van der Waals surface area contributed by atoms with Crippen molar-refractivity contribution in [1.82, 2.24) is 15.3 Å². The molecule has 0 saturated carbocycles.